The van der Waals surface area contributed by atoms with E-state index >= 15 is 0 Å². The Kier molecular flexibility index (Phi) is 7.15. The van der Waals surface area contributed by atoms with Gasteiger partial charge >= 0.3 is 0 Å². The first-order valence-electron chi connectivity index (χ1n) is 11.0. The lowest BCUT2D eigenvalue weighted by atomic mass is 10.2. The van der Waals surface area contributed by atoms with Gasteiger partial charge in [-0.25, -0.2) is 4.39 Å². The fraction of sp³-hybridized carbons (Fsp3) is 0.500. The molecule has 33 heavy (non-hydrogen) atoms. The Morgan fingerprint density at radius 2 is 1.97 bits per heavy atom. The van der Waals surface area contributed by atoms with Crippen molar-refractivity contribution in [2.24, 2.45) is 0 Å². The lowest BCUT2D eigenvalue weighted by Gasteiger charge is -2.18. The Labute approximate surface area is 200 Å². The third kappa shape index (κ3) is 5.12. The van der Waals surface area contributed by atoms with E-state index in [2.05, 4.69) is 45.8 Å². The fourth-order valence-corrected chi connectivity index (χ4v) is 5.05. The second-order valence-electron chi connectivity index (χ2n) is 9.16. The van der Waals surface area contributed by atoms with E-state index in [1.165, 1.54) is 10.9 Å². The van der Waals surface area contributed by atoms with Crippen LogP contribution in [-0.4, -0.2) is 47.5 Å². The van der Waals surface area contributed by atoms with Crippen molar-refractivity contribution in [3.8, 4) is 5.69 Å². The van der Waals surface area contributed by atoms with E-state index in [1.807, 2.05) is 11.5 Å². The number of pyridine rings is 1. The zero-order chi connectivity index (χ0) is 23.8. The minimum atomic E-state index is -1.23. The van der Waals surface area contributed by atoms with Crippen molar-refractivity contribution in [3.05, 3.63) is 50.0 Å². The third-order valence-electron chi connectivity index (χ3n) is 5.49. The van der Waals surface area contributed by atoms with Gasteiger partial charge in [0.2, 0.25) is 5.43 Å². The van der Waals surface area contributed by atoms with Crippen molar-refractivity contribution in [1.29, 1.82) is 0 Å². The molecule has 1 aliphatic heterocycles. The number of fused-ring (bicyclic) bond motifs is 1. The summed E-state index contributed by atoms with van der Waals surface area (Å²) in [4.78, 5) is 14.2. The van der Waals surface area contributed by atoms with E-state index in [4.69, 9.17) is 14.2 Å². The molecular formula is C22H28BrFN4O4Si. The number of aromatic nitrogens is 4. The highest BCUT2D eigenvalue weighted by Crippen LogP contribution is 2.27. The van der Waals surface area contributed by atoms with Crippen molar-refractivity contribution in [1.82, 2.24) is 19.6 Å². The number of nitrogens with zero attached hydrogens (tertiary/aromatic N) is 4. The van der Waals surface area contributed by atoms with Gasteiger partial charge in [0.25, 0.3) is 0 Å². The summed E-state index contributed by atoms with van der Waals surface area (Å²) in [5, 5.41) is 8.92. The first kappa shape index (κ1) is 24.2. The molecule has 8 nitrogen and oxygen atoms in total. The van der Waals surface area contributed by atoms with Gasteiger partial charge in [-0.1, -0.05) is 26.6 Å². The minimum absolute atomic E-state index is 0.194. The molecule has 3 aromatic rings. The Hall–Kier alpha value is -1.92. The predicted octanol–water partition coefficient (Wildman–Crippen LogP) is 4.40. The van der Waals surface area contributed by atoms with E-state index < -0.39 is 20.2 Å². The van der Waals surface area contributed by atoms with Crippen molar-refractivity contribution in [3.63, 3.8) is 0 Å². The van der Waals surface area contributed by atoms with Crippen LogP contribution in [0.25, 0.3) is 16.9 Å². The first-order chi connectivity index (χ1) is 15.7. The number of rotatable bonds is 8. The highest BCUT2D eigenvalue weighted by Gasteiger charge is 2.23. The van der Waals surface area contributed by atoms with Crippen LogP contribution in [0.2, 0.25) is 25.7 Å². The topological polar surface area (TPSA) is 80.4 Å². The molecule has 4 rings (SSSR count). The largest absolute Gasteiger partial charge is 0.361 e. The average Bonchev–Trinajstić information content (AvgIpc) is 3.44. The summed E-state index contributed by atoms with van der Waals surface area (Å²) < 4.78 is 33.8. The van der Waals surface area contributed by atoms with E-state index in [0.717, 1.165) is 11.7 Å². The molecule has 1 aromatic carbocycles. The van der Waals surface area contributed by atoms with E-state index in [1.54, 1.807) is 12.1 Å². The Bertz CT molecular complexity index is 1220. The van der Waals surface area contributed by atoms with Crippen molar-refractivity contribution >= 4 is 35.2 Å². The molecule has 0 N–H and O–H groups in total. The molecule has 11 heteroatoms. The normalized spacial score (nSPS) is 15.1. The van der Waals surface area contributed by atoms with Crippen LogP contribution >= 0.6 is 15.9 Å². The predicted molar refractivity (Wildman–Crippen MR) is 129 cm³/mol. The van der Waals surface area contributed by atoms with Crippen LogP contribution in [0.5, 0.6) is 0 Å². The maximum absolute atomic E-state index is 14.8. The number of benzene rings is 1. The Morgan fingerprint density at radius 1 is 1.24 bits per heavy atom. The molecule has 1 aliphatic rings. The smallest absolute Gasteiger partial charge is 0.225 e. The third-order valence-corrected chi connectivity index (χ3v) is 8.01. The van der Waals surface area contributed by atoms with Gasteiger partial charge in [0, 0.05) is 32.0 Å². The lowest BCUT2D eigenvalue weighted by molar-refractivity contribution is -0.0464. The molecule has 0 radical (unpaired) electrons. The molecule has 178 valence electrons. The monoisotopic (exact) mass is 538 g/mol. The summed E-state index contributed by atoms with van der Waals surface area (Å²) in [5.41, 5.74) is 1.84. The molecule has 0 amide bonds. The molecule has 0 unspecified atom stereocenters. The summed E-state index contributed by atoms with van der Waals surface area (Å²) >= 11 is 3.43. The second kappa shape index (κ2) is 9.75. The molecule has 0 bridgehead atoms. The highest BCUT2D eigenvalue weighted by atomic mass is 79.9. The molecule has 0 saturated carbocycles. The molecule has 2 aromatic heterocycles. The lowest BCUT2D eigenvalue weighted by Crippen LogP contribution is -2.23. The zero-order valence-electron chi connectivity index (χ0n) is 19.2. The quantitative estimate of drug-likeness (QED) is 0.312. The molecule has 1 saturated heterocycles. The van der Waals surface area contributed by atoms with E-state index in [-0.39, 0.29) is 17.7 Å². The van der Waals surface area contributed by atoms with Crippen molar-refractivity contribution in [2.75, 3.05) is 19.8 Å². The van der Waals surface area contributed by atoms with E-state index in [0.29, 0.717) is 47.6 Å². The van der Waals surface area contributed by atoms with Crippen LogP contribution in [0.15, 0.2) is 27.5 Å². The minimum Gasteiger partial charge on any atom is -0.361 e. The zero-order valence-corrected chi connectivity index (χ0v) is 21.8. The summed E-state index contributed by atoms with van der Waals surface area (Å²) in [6.45, 7) is 10.6. The SMILES string of the molecule is CCc1c(Br)c(=O)c2nn(-c3ccc(C4OCCO4)c(F)c3)nc2n1COCC[Si](C)(C)C. The van der Waals surface area contributed by atoms with Crippen molar-refractivity contribution < 1.29 is 18.6 Å². The van der Waals surface area contributed by atoms with Crippen LogP contribution in [0.3, 0.4) is 0 Å². The average molecular weight is 539 g/mol. The fourth-order valence-electron chi connectivity index (χ4n) is 3.61. The van der Waals surface area contributed by atoms with Gasteiger partial charge in [-0.2, -0.15) is 0 Å². The van der Waals surface area contributed by atoms with Gasteiger partial charge in [-0.3, -0.25) is 4.79 Å². The second-order valence-corrected chi connectivity index (χ2v) is 15.6. The Morgan fingerprint density at radius 3 is 2.61 bits per heavy atom. The van der Waals surface area contributed by atoms with Gasteiger partial charge < -0.3 is 18.8 Å². The maximum atomic E-state index is 14.8. The van der Waals surface area contributed by atoms with Gasteiger partial charge in [0.15, 0.2) is 17.5 Å². The van der Waals surface area contributed by atoms with Crippen molar-refractivity contribution in [2.45, 2.75) is 52.1 Å². The van der Waals surface area contributed by atoms with Gasteiger partial charge in [-0.15, -0.1) is 15.0 Å². The van der Waals surface area contributed by atoms with Gasteiger partial charge in [0.1, 0.15) is 12.5 Å². The summed E-state index contributed by atoms with van der Waals surface area (Å²) in [5.74, 6) is -0.485. The number of hydrogen-bond acceptors (Lipinski definition) is 6. The maximum Gasteiger partial charge on any atom is 0.225 e. The number of hydrogen-bond donors (Lipinski definition) is 0. The molecule has 0 atom stereocenters. The number of ether oxygens (including phenoxy) is 3. The highest BCUT2D eigenvalue weighted by molar-refractivity contribution is 9.10. The molecule has 1 fully saturated rings. The Balaban J connectivity index is 1.71. The standard InChI is InChI=1S/C22H28BrFN4O4Si/c1-5-17-18(23)20(29)19-21(27(17)13-30-10-11-33(2,3)4)26-28(25-19)14-6-7-15(16(24)12-14)22-31-8-9-32-22/h6-7,12,22H,5,8-11,13H2,1-4H3. The number of halogens is 2. The summed E-state index contributed by atoms with van der Waals surface area (Å²) in [6, 6.07) is 5.62. The van der Waals surface area contributed by atoms with Crippen LogP contribution in [-0.2, 0) is 27.4 Å². The van der Waals surface area contributed by atoms with Gasteiger partial charge in [-0.05, 0) is 40.5 Å². The molecule has 0 spiro atoms. The van der Waals surface area contributed by atoms with Crippen LogP contribution in [0.4, 0.5) is 4.39 Å². The van der Waals surface area contributed by atoms with Crippen LogP contribution < -0.4 is 5.43 Å². The molecular weight excluding hydrogens is 511 g/mol. The van der Waals surface area contributed by atoms with Crippen LogP contribution in [0.1, 0.15) is 24.5 Å². The molecule has 0 aliphatic carbocycles. The first-order valence-corrected chi connectivity index (χ1v) is 15.5. The van der Waals surface area contributed by atoms with Crippen LogP contribution in [0, 0.1) is 5.82 Å². The molecule has 3 heterocycles. The van der Waals surface area contributed by atoms with Gasteiger partial charge in [0.05, 0.1) is 23.4 Å². The van der Waals surface area contributed by atoms with E-state index in [9.17, 15) is 9.18 Å². The summed E-state index contributed by atoms with van der Waals surface area (Å²) in [7, 11) is -1.23. The summed E-state index contributed by atoms with van der Waals surface area (Å²) in [6.07, 6.45) is -0.101.